The molecule has 0 bridgehead atoms. The molecule has 1 aliphatic carbocycles. The van der Waals surface area contributed by atoms with Crippen LogP contribution in [0.15, 0.2) is 24.3 Å². The van der Waals surface area contributed by atoms with Gasteiger partial charge >= 0.3 is 5.97 Å². The molecule has 1 saturated carbocycles. The summed E-state index contributed by atoms with van der Waals surface area (Å²) in [5.74, 6) is -1.97. The molecule has 0 amide bonds. The summed E-state index contributed by atoms with van der Waals surface area (Å²) in [4.78, 5) is 11.0. The number of benzene rings is 1. The molecular formula is C13H15FO3. The van der Waals surface area contributed by atoms with Gasteiger partial charge in [0.05, 0.1) is 12.0 Å². The quantitative estimate of drug-likeness (QED) is 0.849. The van der Waals surface area contributed by atoms with Crippen molar-refractivity contribution >= 4 is 5.97 Å². The number of rotatable bonds is 3. The van der Waals surface area contributed by atoms with Crippen molar-refractivity contribution in [3.05, 3.63) is 35.6 Å². The third-order valence-corrected chi connectivity index (χ3v) is 3.50. The molecule has 1 aromatic rings. The number of aliphatic carboxylic acids is 1. The third-order valence-electron chi connectivity index (χ3n) is 3.50. The van der Waals surface area contributed by atoms with Crippen molar-refractivity contribution in [2.75, 3.05) is 0 Å². The zero-order chi connectivity index (χ0) is 12.4. The largest absolute Gasteiger partial charge is 0.481 e. The number of hydrogen-bond donors (Lipinski definition) is 2. The van der Waals surface area contributed by atoms with E-state index in [9.17, 15) is 14.3 Å². The second-order valence-corrected chi connectivity index (χ2v) is 4.54. The highest BCUT2D eigenvalue weighted by molar-refractivity contribution is 5.70. The zero-order valence-electron chi connectivity index (χ0n) is 9.34. The van der Waals surface area contributed by atoms with Crippen LogP contribution in [0.2, 0.25) is 0 Å². The standard InChI is InChI=1S/C13H15FO3/c14-9-6-4-8(5-7-9)12(15)10-2-1-3-11(10)13(16)17/h4-7,10-12,15H,1-3H2,(H,16,17). The van der Waals surface area contributed by atoms with Crippen molar-refractivity contribution in [2.24, 2.45) is 11.8 Å². The Labute approximate surface area is 98.9 Å². The maximum Gasteiger partial charge on any atom is 0.306 e. The van der Waals surface area contributed by atoms with Gasteiger partial charge in [0.25, 0.3) is 0 Å². The van der Waals surface area contributed by atoms with E-state index < -0.39 is 18.0 Å². The van der Waals surface area contributed by atoms with Crippen molar-refractivity contribution < 1.29 is 19.4 Å². The van der Waals surface area contributed by atoms with E-state index >= 15 is 0 Å². The summed E-state index contributed by atoms with van der Waals surface area (Å²) >= 11 is 0. The molecule has 0 aliphatic heterocycles. The van der Waals surface area contributed by atoms with Gasteiger partial charge in [0.15, 0.2) is 0 Å². The zero-order valence-corrected chi connectivity index (χ0v) is 9.34. The summed E-state index contributed by atoms with van der Waals surface area (Å²) < 4.78 is 12.8. The summed E-state index contributed by atoms with van der Waals surface area (Å²) in [7, 11) is 0. The van der Waals surface area contributed by atoms with Crippen LogP contribution in [0.5, 0.6) is 0 Å². The van der Waals surface area contributed by atoms with Crippen LogP contribution in [0.4, 0.5) is 4.39 Å². The van der Waals surface area contributed by atoms with Gasteiger partial charge in [0.1, 0.15) is 5.82 Å². The van der Waals surface area contributed by atoms with Crippen LogP contribution < -0.4 is 0 Å². The Hall–Kier alpha value is -1.42. The Bertz CT molecular complexity index is 402. The van der Waals surface area contributed by atoms with E-state index in [1.807, 2.05) is 0 Å². The van der Waals surface area contributed by atoms with Gasteiger partial charge in [-0.3, -0.25) is 4.79 Å². The highest BCUT2D eigenvalue weighted by Crippen LogP contribution is 2.40. The van der Waals surface area contributed by atoms with Gasteiger partial charge in [-0.1, -0.05) is 18.6 Å². The lowest BCUT2D eigenvalue weighted by molar-refractivity contribution is -0.144. The molecule has 17 heavy (non-hydrogen) atoms. The molecule has 1 aliphatic rings. The fourth-order valence-corrected chi connectivity index (χ4v) is 2.58. The fourth-order valence-electron chi connectivity index (χ4n) is 2.58. The fraction of sp³-hybridized carbons (Fsp3) is 0.462. The van der Waals surface area contributed by atoms with Gasteiger partial charge < -0.3 is 10.2 Å². The van der Waals surface area contributed by atoms with Gasteiger partial charge in [0.2, 0.25) is 0 Å². The van der Waals surface area contributed by atoms with Crippen LogP contribution in [-0.4, -0.2) is 16.2 Å². The van der Waals surface area contributed by atoms with Gasteiger partial charge in [-0.25, -0.2) is 4.39 Å². The summed E-state index contributed by atoms with van der Waals surface area (Å²) in [6.45, 7) is 0. The Morgan fingerprint density at radius 2 is 1.94 bits per heavy atom. The van der Waals surface area contributed by atoms with E-state index in [1.54, 1.807) is 0 Å². The molecule has 3 nitrogen and oxygen atoms in total. The van der Waals surface area contributed by atoms with E-state index in [0.29, 0.717) is 18.4 Å². The molecule has 4 heteroatoms. The summed E-state index contributed by atoms with van der Waals surface area (Å²) in [6, 6.07) is 5.58. The third kappa shape index (κ3) is 2.47. The second-order valence-electron chi connectivity index (χ2n) is 4.54. The first-order chi connectivity index (χ1) is 8.09. The Morgan fingerprint density at radius 1 is 1.29 bits per heavy atom. The smallest absolute Gasteiger partial charge is 0.306 e. The molecule has 0 saturated heterocycles. The maximum absolute atomic E-state index is 12.8. The minimum absolute atomic E-state index is 0.266. The molecular weight excluding hydrogens is 223 g/mol. The molecule has 1 fully saturated rings. The SMILES string of the molecule is O=C(O)C1CCCC1C(O)c1ccc(F)cc1. The molecule has 2 rings (SSSR count). The molecule has 0 aromatic heterocycles. The summed E-state index contributed by atoms with van der Waals surface area (Å²) in [5, 5.41) is 19.2. The lowest BCUT2D eigenvalue weighted by Gasteiger charge is -2.22. The Morgan fingerprint density at radius 3 is 2.53 bits per heavy atom. The van der Waals surface area contributed by atoms with Crippen LogP contribution in [0.25, 0.3) is 0 Å². The predicted octanol–water partition coefficient (Wildman–Crippen LogP) is 2.36. The van der Waals surface area contributed by atoms with E-state index in [2.05, 4.69) is 0 Å². The van der Waals surface area contributed by atoms with Gasteiger partial charge in [-0.05, 0) is 30.5 Å². The maximum atomic E-state index is 12.8. The number of hydrogen-bond acceptors (Lipinski definition) is 2. The molecule has 2 N–H and O–H groups in total. The molecule has 92 valence electrons. The first-order valence-corrected chi connectivity index (χ1v) is 5.76. The summed E-state index contributed by atoms with van der Waals surface area (Å²) in [5.41, 5.74) is 0.588. The van der Waals surface area contributed by atoms with Gasteiger partial charge in [0, 0.05) is 5.92 Å². The number of carboxylic acid groups (broad SMARTS) is 1. The molecule has 1 aromatic carbocycles. The number of carboxylic acids is 1. The average molecular weight is 238 g/mol. The van der Waals surface area contributed by atoms with Crippen molar-refractivity contribution in [1.82, 2.24) is 0 Å². The lowest BCUT2D eigenvalue weighted by atomic mass is 9.87. The van der Waals surface area contributed by atoms with Crippen LogP contribution in [0.3, 0.4) is 0 Å². The van der Waals surface area contributed by atoms with Crippen LogP contribution >= 0.6 is 0 Å². The minimum atomic E-state index is -0.853. The van der Waals surface area contributed by atoms with Gasteiger partial charge in [-0.15, -0.1) is 0 Å². The monoisotopic (exact) mass is 238 g/mol. The lowest BCUT2D eigenvalue weighted by Crippen LogP contribution is -2.23. The van der Waals surface area contributed by atoms with Crippen molar-refractivity contribution in [1.29, 1.82) is 0 Å². The van der Waals surface area contributed by atoms with E-state index in [-0.39, 0.29) is 11.7 Å². The highest BCUT2D eigenvalue weighted by Gasteiger charge is 2.37. The molecule has 0 spiro atoms. The topological polar surface area (TPSA) is 57.5 Å². The van der Waals surface area contributed by atoms with E-state index in [4.69, 9.17) is 5.11 Å². The van der Waals surface area contributed by atoms with Gasteiger partial charge in [-0.2, -0.15) is 0 Å². The first-order valence-electron chi connectivity index (χ1n) is 5.76. The first kappa shape index (κ1) is 12.0. The average Bonchev–Trinajstić information content (AvgIpc) is 2.78. The van der Waals surface area contributed by atoms with Crippen LogP contribution in [0.1, 0.15) is 30.9 Å². The number of aliphatic hydroxyl groups is 1. The Kier molecular flexibility index (Phi) is 3.43. The normalized spacial score (nSPS) is 25.8. The van der Waals surface area contributed by atoms with Crippen molar-refractivity contribution in [2.45, 2.75) is 25.4 Å². The molecule has 0 radical (unpaired) electrons. The number of carbonyl (C=O) groups is 1. The van der Waals surface area contributed by atoms with Crippen LogP contribution in [0, 0.1) is 17.7 Å². The number of aliphatic hydroxyl groups excluding tert-OH is 1. The van der Waals surface area contributed by atoms with E-state index in [1.165, 1.54) is 24.3 Å². The minimum Gasteiger partial charge on any atom is -0.481 e. The second kappa shape index (κ2) is 4.84. The predicted molar refractivity (Wildman–Crippen MR) is 59.8 cm³/mol. The van der Waals surface area contributed by atoms with Crippen molar-refractivity contribution in [3.63, 3.8) is 0 Å². The molecule has 3 unspecified atom stereocenters. The summed E-state index contributed by atoms with van der Waals surface area (Å²) in [6.07, 6.45) is 1.31. The Balaban J connectivity index is 2.16. The molecule has 3 atom stereocenters. The molecule has 0 heterocycles. The van der Waals surface area contributed by atoms with Crippen molar-refractivity contribution in [3.8, 4) is 0 Å². The number of halogens is 1. The highest BCUT2D eigenvalue weighted by atomic mass is 19.1. The van der Waals surface area contributed by atoms with E-state index in [0.717, 1.165) is 6.42 Å². The van der Waals surface area contributed by atoms with Crippen LogP contribution in [-0.2, 0) is 4.79 Å².